The minimum Gasteiger partial charge on any atom is -0.497 e. The summed E-state index contributed by atoms with van der Waals surface area (Å²) in [4.78, 5) is 0. The third-order valence-corrected chi connectivity index (χ3v) is 2.75. The summed E-state index contributed by atoms with van der Waals surface area (Å²) >= 11 is 0. The van der Waals surface area contributed by atoms with Crippen molar-refractivity contribution < 1.29 is 14.2 Å². The molecular formula is C15H20N2O3. The second-order valence-corrected chi connectivity index (χ2v) is 4.09. The van der Waals surface area contributed by atoms with Crippen molar-refractivity contribution in [2.75, 3.05) is 34.4 Å². The molecule has 0 atom stereocenters. The number of methoxy groups -OCH3 is 3. The van der Waals surface area contributed by atoms with Gasteiger partial charge in [-0.15, -0.1) is 0 Å². The van der Waals surface area contributed by atoms with E-state index < -0.39 is 0 Å². The highest BCUT2D eigenvalue weighted by molar-refractivity contribution is 5.58. The maximum Gasteiger partial charge on any atom is 0.169 e. The second-order valence-electron chi connectivity index (χ2n) is 4.09. The fourth-order valence-electron chi connectivity index (χ4n) is 1.61. The zero-order chi connectivity index (χ0) is 14.8. The number of nitrogens with one attached hydrogen (secondary N) is 1. The molecule has 0 aliphatic carbocycles. The fourth-order valence-corrected chi connectivity index (χ4v) is 1.61. The molecule has 5 nitrogen and oxygen atoms in total. The summed E-state index contributed by atoms with van der Waals surface area (Å²) in [6.07, 6.45) is 1.53. The van der Waals surface area contributed by atoms with Gasteiger partial charge in [0.05, 0.1) is 13.2 Å². The molecule has 0 radical (unpaired) electrons. The average molecular weight is 276 g/mol. The molecular weight excluding hydrogens is 256 g/mol. The predicted molar refractivity (Wildman–Crippen MR) is 77.3 cm³/mol. The van der Waals surface area contributed by atoms with E-state index in [4.69, 9.17) is 19.5 Å². The van der Waals surface area contributed by atoms with Gasteiger partial charge in [0.25, 0.3) is 0 Å². The standard InChI is InChI=1S/C15H20N2O3/c1-18-14-6-4-12(5-7-14)8-13(9-16)10-17-11-15(19-2)20-3/h4-8,15,17H,10-11H2,1-3H3/b13-8-. The first kappa shape index (κ1) is 16.2. The van der Waals surface area contributed by atoms with E-state index in [9.17, 15) is 0 Å². The SMILES string of the molecule is COc1ccc(/C=C(/C#N)CNCC(OC)OC)cc1. The van der Waals surface area contributed by atoms with Gasteiger partial charge in [-0.25, -0.2) is 0 Å². The molecule has 0 aromatic heterocycles. The quantitative estimate of drug-likeness (QED) is 0.579. The van der Waals surface area contributed by atoms with Gasteiger partial charge in [-0.1, -0.05) is 12.1 Å². The van der Waals surface area contributed by atoms with Crippen LogP contribution in [0, 0.1) is 11.3 Å². The van der Waals surface area contributed by atoms with Gasteiger partial charge in [-0.3, -0.25) is 0 Å². The molecule has 0 unspecified atom stereocenters. The van der Waals surface area contributed by atoms with E-state index in [-0.39, 0.29) is 6.29 Å². The molecule has 0 saturated carbocycles. The molecule has 0 saturated heterocycles. The van der Waals surface area contributed by atoms with Crippen LogP contribution in [-0.2, 0) is 9.47 Å². The van der Waals surface area contributed by atoms with Crippen molar-refractivity contribution in [3.05, 3.63) is 35.4 Å². The summed E-state index contributed by atoms with van der Waals surface area (Å²) in [5.41, 5.74) is 1.60. The lowest BCUT2D eigenvalue weighted by Gasteiger charge is -2.13. The Bertz CT molecular complexity index is 459. The van der Waals surface area contributed by atoms with E-state index in [1.165, 1.54) is 0 Å². The first-order chi connectivity index (χ1) is 9.73. The Balaban J connectivity index is 2.56. The third-order valence-electron chi connectivity index (χ3n) is 2.75. The van der Waals surface area contributed by atoms with Gasteiger partial charge in [0.15, 0.2) is 6.29 Å². The van der Waals surface area contributed by atoms with Gasteiger partial charge >= 0.3 is 0 Å². The van der Waals surface area contributed by atoms with Crippen LogP contribution in [-0.4, -0.2) is 40.7 Å². The van der Waals surface area contributed by atoms with E-state index >= 15 is 0 Å². The Morgan fingerprint density at radius 3 is 2.40 bits per heavy atom. The minimum absolute atomic E-state index is 0.309. The van der Waals surface area contributed by atoms with Gasteiger partial charge in [-0.05, 0) is 23.8 Å². The van der Waals surface area contributed by atoms with E-state index in [2.05, 4.69) is 11.4 Å². The molecule has 1 aromatic rings. The molecule has 0 bridgehead atoms. The third kappa shape index (κ3) is 5.41. The first-order valence-corrected chi connectivity index (χ1v) is 6.24. The van der Waals surface area contributed by atoms with Crippen LogP contribution < -0.4 is 10.1 Å². The van der Waals surface area contributed by atoms with Gasteiger partial charge < -0.3 is 19.5 Å². The fraction of sp³-hybridized carbons (Fsp3) is 0.400. The zero-order valence-corrected chi connectivity index (χ0v) is 12.1. The average Bonchev–Trinajstić information content (AvgIpc) is 2.51. The van der Waals surface area contributed by atoms with Crippen molar-refractivity contribution in [1.29, 1.82) is 5.26 Å². The lowest BCUT2D eigenvalue weighted by atomic mass is 10.1. The van der Waals surface area contributed by atoms with Crippen molar-refractivity contribution in [2.24, 2.45) is 0 Å². The summed E-state index contributed by atoms with van der Waals surface area (Å²) in [6, 6.07) is 9.71. The summed E-state index contributed by atoms with van der Waals surface area (Å²) in [5, 5.41) is 12.2. The molecule has 0 spiro atoms. The van der Waals surface area contributed by atoms with Crippen molar-refractivity contribution in [3.8, 4) is 11.8 Å². The topological polar surface area (TPSA) is 63.5 Å². The van der Waals surface area contributed by atoms with E-state index in [1.807, 2.05) is 30.3 Å². The molecule has 0 aliphatic heterocycles. The highest BCUT2D eigenvalue weighted by atomic mass is 16.7. The summed E-state index contributed by atoms with van der Waals surface area (Å²) in [6.45, 7) is 0.986. The Labute approximate surface area is 119 Å². The molecule has 0 aliphatic rings. The second kappa shape index (κ2) is 9.10. The van der Waals surface area contributed by atoms with E-state index in [1.54, 1.807) is 21.3 Å². The molecule has 1 N–H and O–H groups in total. The number of nitriles is 1. The number of hydrogen-bond donors (Lipinski definition) is 1. The minimum atomic E-state index is -0.309. The van der Waals surface area contributed by atoms with Crippen LogP contribution in [0.15, 0.2) is 29.8 Å². The first-order valence-electron chi connectivity index (χ1n) is 6.24. The largest absolute Gasteiger partial charge is 0.497 e. The van der Waals surface area contributed by atoms with Crippen LogP contribution in [0.4, 0.5) is 0 Å². The summed E-state index contributed by atoms with van der Waals surface area (Å²) in [5.74, 6) is 0.793. The van der Waals surface area contributed by atoms with Gasteiger partial charge in [0.2, 0.25) is 0 Å². The highest BCUT2D eigenvalue weighted by Gasteiger charge is 2.04. The Morgan fingerprint density at radius 2 is 1.90 bits per heavy atom. The van der Waals surface area contributed by atoms with Gasteiger partial charge in [-0.2, -0.15) is 5.26 Å². The number of ether oxygens (including phenoxy) is 3. The van der Waals surface area contributed by atoms with Crippen molar-refractivity contribution in [3.63, 3.8) is 0 Å². The predicted octanol–water partition coefficient (Wildman–Crippen LogP) is 1.81. The highest BCUT2D eigenvalue weighted by Crippen LogP contribution is 2.13. The van der Waals surface area contributed by atoms with Crippen LogP contribution in [0.3, 0.4) is 0 Å². The van der Waals surface area contributed by atoms with E-state index in [0.717, 1.165) is 11.3 Å². The lowest BCUT2D eigenvalue weighted by Crippen LogP contribution is -2.30. The van der Waals surface area contributed by atoms with Gasteiger partial charge in [0.1, 0.15) is 5.75 Å². The van der Waals surface area contributed by atoms with Crippen LogP contribution in [0.1, 0.15) is 5.56 Å². The summed E-state index contributed by atoms with van der Waals surface area (Å²) in [7, 11) is 4.78. The number of rotatable bonds is 8. The van der Waals surface area contributed by atoms with Crippen LogP contribution in [0.5, 0.6) is 5.75 Å². The normalized spacial score (nSPS) is 11.4. The maximum atomic E-state index is 9.12. The van der Waals surface area contributed by atoms with Crippen molar-refractivity contribution in [2.45, 2.75) is 6.29 Å². The number of nitrogens with zero attached hydrogens (tertiary/aromatic N) is 1. The monoisotopic (exact) mass is 276 g/mol. The smallest absolute Gasteiger partial charge is 0.169 e. The van der Waals surface area contributed by atoms with Crippen LogP contribution >= 0.6 is 0 Å². The maximum absolute atomic E-state index is 9.12. The molecule has 108 valence electrons. The molecule has 0 fully saturated rings. The Morgan fingerprint density at radius 1 is 1.25 bits per heavy atom. The summed E-state index contributed by atoms with van der Waals surface area (Å²) < 4.78 is 15.2. The Kier molecular flexibility index (Phi) is 7.36. The number of hydrogen-bond acceptors (Lipinski definition) is 5. The van der Waals surface area contributed by atoms with Crippen LogP contribution in [0.2, 0.25) is 0 Å². The van der Waals surface area contributed by atoms with Crippen molar-refractivity contribution in [1.82, 2.24) is 5.32 Å². The van der Waals surface area contributed by atoms with Crippen LogP contribution in [0.25, 0.3) is 6.08 Å². The zero-order valence-electron chi connectivity index (χ0n) is 12.1. The molecule has 1 rings (SSSR count). The molecule has 5 heteroatoms. The molecule has 20 heavy (non-hydrogen) atoms. The van der Waals surface area contributed by atoms with E-state index in [0.29, 0.717) is 18.7 Å². The van der Waals surface area contributed by atoms with Crippen molar-refractivity contribution >= 4 is 6.08 Å². The van der Waals surface area contributed by atoms with Gasteiger partial charge in [0, 0.05) is 32.9 Å². The number of benzene rings is 1. The molecule has 1 aromatic carbocycles. The Hall–Kier alpha value is -1.87. The molecule has 0 heterocycles. The molecule has 0 amide bonds. The lowest BCUT2D eigenvalue weighted by molar-refractivity contribution is -0.0983.